The first-order valence-corrected chi connectivity index (χ1v) is 21.6. The smallest absolute Gasteiger partial charge is 0.391 e. The lowest BCUT2D eigenvalue weighted by atomic mass is 10.0. The van der Waals surface area contributed by atoms with Gasteiger partial charge in [-0.3, -0.25) is 13.8 Å². The van der Waals surface area contributed by atoms with Gasteiger partial charge < -0.3 is 21.1 Å². The number of hydrogen-bond acceptors (Lipinski definition) is 6. The van der Waals surface area contributed by atoms with Gasteiger partial charge in [0.05, 0.1) is 25.4 Å². The van der Waals surface area contributed by atoms with Crippen molar-refractivity contribution < 1.29 is 28.4 Å². The molecule has 0 aliphatic heterocycles. The molecule has 1 amide bonds. The lowest BCUT2D eigenvalue weighted by Crippen LogP contribution is -2.46. The summed E-state index contributed by atoms with van der Waals surface area (Å²) in [5.41, 5.74) is 5.36. The maximum atomic E-state index is 12.7. The minimum absolute atomic E-state index is 0.0921. The molecule has 0 aromatic carbocycles. The Morgan fingerprint density at radius 1 is 0.617 bits per heavy atom. The number of amides is 1. The third kappa shape index (κ3) is 33.8. The predicted octanol–water partition coefficient (Wildman–Crippen LogP) is 10.7. The standard InChI is InChI=1S/C38H79N2O6P/c1-3-5-7-9-11-13-14-15-16-17-18-19-20-21-22-24-25-27-29-31-37(41)36(35-46-47(43,44)45-34-33-39)40-38(42)32-30-28-26-23-12-10-8-6-4-2/h36-37,41H,3-35,39H2,1-2H3,(H,40,42)(H,43,44). The van der Waals surface area contributed by atoms with Gasteiger partial charge in [0.25, 0.3) is 0 Å². The zero-order valence-corrected chi connectivity index (χ0v) is 31.9. The van der Waals surface area contributed by atoms with Crippen LogP contribution >= 0.6 is 7.82 Å². The van der Waals surface area contributed by atoms with E-state index in [1.54, 1.807) is 0 Å². The predicted molar refractivity (Wildman–Crippen MR) is 199 cm³/mol. The molecule has 0 bridgehead atoms. The number of rotatable bonds is 38. The van der Waals surface area contributed by atoms with Crippen LogP contribution in [0.15, 0.2) is 0 Å². The molecule has 0 heterocycles. The summed E-state index contributed by atoms with van der Waals surface area (Å²) in [5.74, 6) is -0.163. The second kappa shape index (κ2) is 35.3. The molecule has 9 heteroatoms. The Bertz CT molecular complexity index is 714. The number of aliphatic hydroxyl groups is 1. The molecule has 0 aromatic rings. The molecule has 0 saturated carbocycles. The van der Waals surface area contributed by atoms with E-state index >= 15 is 0 Å². The topological polar surface area (TPSA) is 131 Å². The molecule has 3 unspecified atom stereocenters. The molecule has 47 heavy (non-hydrogen) atoms. The Balaban J connectivity index is 4.09. The van der Waals surface area contributed by atoms with Crippen LogP contribution in [0.25, 0.3) is 0 Å². The van der Waals surface area contributed by atoms with Gasteiger partial charge in [0.2, 0.25) is 5.91 Å². The fourth-order valence-corrected chi connectivity index (χ4v) is 6.90. The zero-order chi connectivity index (χ0) is 34.7. The molecule has 0 aromatic heterocycles. The third-order valence-electron chi connectivity index (χ3n) is 9.21. The summed E-state index contributed by atoms with van der Waals surface area (Å²) in [6.07, 6.45) is 35.4. The number of unbranched alkanes of at least 4 members (excludes halogenated alkanes) is 26. The number of aliphatic hydroxyl groups excluding tert-OH is 1. The lowest BCUT2D eigenvalue weighted by Gasteiger charge is -2.25. The fourth-order valence-electron chi connectivity index (χ4n) is 6.14. The molecular formula is C38H79N2O6P. The summed E-state index contributed by atoms with van der Waals surface area (Å²) in [6, 6.07) is -0.765. The molecule has 0 rings (SSSR count). The minimum atomic E-state index is -4.30. The summed E-state index contributed by atoms with van der Waals surface area (Å²) in [5, 5.41) is 13.7. The molecule has 8 nitrogen and oxygen atoms in total. The number of hydrogen-bond donors (Lipinski definition) is 4. The Morgan fingerprint density at radius 2 is 0.979 bits per heavy atom. The maximum Gasteiger partial charge on any atom is 0.472 e. The monoisotopic (exact) mass is 691 g/mol. The molecule has 3 atom stereocenters. The highest BCUT2D eigenvalue weighted by Gasteiger charge is 2.27. The first-order valence-electron chi connectivity index (χ1n) is 20.2. The SMILES string of the molecule is CCCCCCCCCCCCCCCCCCCCCC(O)C(COP(=O)(O)OCCN)NC(=O)CCCCCCCCCCC. The highest BCUT2D eigenvalue weighted by atomic mass is 31.2. The van der Waals surface area contributed by atoms with Crippen LogP contribution in [0.1, 0.15) is 206 Å². The summed E-state index contributed by atoms with van der Waals surface area (Å²) < 4.78 is 22.1. The molecular weight excluding hydrogens is 611 g/mol. The number of carbonyl (C=O) groups excluding carboxylic acids is 1. The average Bonchev–Trinajstić information content (AvgIpc) is 3.05. The highest BCUT2D eigenvalue weighted by molar-refractivity contribution is 7.47. The van der Waals surface area contributed by atoms with Gasteiger partial charge in [0, 0.05) is 13.0 Å². The van der Waals surface area contributed by atoms with Crippen molar-refractivity contribution in [1.82, 2.24) is 5.32 Å². The summed E-state index contributed by atoms with van der Waals surface area (Å²) in [7, 11) is -4.30. The molecule has 0 saturated heterocycles. The van der Waals surface area contributed by atoms with Gasteiger partial charge in [0.1, 0.15) is 0 Å². The Kier molecular flexibility index (Phi) is 35.0. The van der Waals surface area contributed by atoms with Gasteiger partial charge in [-0.2, -0.15) is 0 Å². The summed E-state index contributed by atoms with van der Waals surface area (Å²) in [4.78, 5) is 22.6. The molecule has 0 spiro atoms. The van der Waals surface area contributed by atoms with E-state index in [2.05, 4.69) is 19.2 Å². The van der Waals surface area contributed by atoms with Crippen LogP contribution in [0.3, 0.4) is 0 Å². The lowest BCUT2D eigenvalue weighted by molar-refractivity contribution is -0.123. The Labute approximate surface area is 291 Å². The van der Waals surface area contributed by atoms with Crippen LogP contribution in [0.2, 0.25) is 0 Å². The van der Waals surface area contributed by atoms with Crippen molar-refractivity contribution in [1.29, 1.82) is 0 Å². The van der Waals surface area contributed by atoms with Crippen molar-refractivity contribution in [3.63, 3.8) is 0 Å². The summed E-state index contributed by atoms with van der Waals surface area (Å²) in [6.45, 7) is 4.20. The molecule has 5 N–H and O–H groups in total. The van der Waals surface area contributed by atoms with Crippen LogP contribution in [0.4, 0.5) is 0 Å². The highest BCUT2D eigenvalue weighted by Crippen LogP contribution is 2.43. The second-order valence-electron chi connectivity index (χ2n) is 13.9. The van der Waals surface area contributed by atoms with Gasteiger partial charge in [-0.05, 0) is 12.8 Å². The zero-order valence-electron chi connectivity index (χ0n) is 31.0. The van der Waals surface area contributed by atoms with E-state index in [1.165, 1.54) is 141 Å². The van der Waals surface area contributed by atoms with Crippen LogP contribution < -0.4 is 11.1 Å². The van der Waals surface area contributed by atoms with Crippen LogP contribution in [0.5, 0.6) is 0 Å². The number of phosphoric acid groups is 1. The first kappa shape index (κ1) is 46.5. The van der Waals surface area contributed by atoms with E-state index in [9.17, 15) is 19.4 Å². The van der Waals surface area contributed by atoms with E-state index in [0.29, 0.717) is 12.8 Å². The number of nitrogens with two attached hydrogens (primary N) is 1. The summed E-state index contributed by atoms with van der Waals surface area (Å²) >= 11 is 0. The number of carbonyl (C=O) groups is 1. The van der Waals surface area contributed by atoms with Crippen molar-refractivity contribution in [2.24, 2.45) is 5.73 Å². The van der Waals surface area contributed by atoms with Gasteiger partial charge in [-0.1, -0.05) is 187 Å². The van der Waals surface area contributed by atoms with Gasteiger partial charge in [-0.15, -0.1) is 0 Å². The normalized spacial score (nSPS) is 14.2. The van der Waals surface area contributed by atoms with E-state index in [4.69, 9.17) is 14.8 Å². The van der Waals surface area contributed by atoms with Gasteiger partial charge >= 0.3 is 7.82 Å². The number of nitrogens with one attached hydrogen (secondary N) is 1. The van der Waals surface area contributed by atoms with Gasteiger partial charge in [-0.25, -0.2) is 4.57 Å². The molecule has 0 radical (unpaired) electrons. The van der Waals surface area contributed by atoms with Crippen LogP contribution in [-0.4, -0.2) is 47.8 Å². The second-order valence-corrected chi connectivity index (χ2v) is 15.3. The van der Waals surface area contributed by atoms with Crippen LogP contribution in [-0.2, 0) is 18.4 Å². The molecule has 0 aliphatic rings. The largest absolute Gasteiger partial charge is 0.472 e. The van der Waals surface area contributed by atoms with E-state index in [1.807, 2.05) is 0 Å². The van der Waals surface area contributed by atoms with Crippen molar-refractivity contribution in [2.45, 2.75) is 219 Å². The van der Waals surface area contributed by atoms with Crippen LogP contribution in [0, 0.1) is 0 Å². The van der Waals surface area contributed by atoms with Crippen molar-refractivity contribution in [3.05, 3.63) is 0 Å². The average molecular weight is 691 g/mol. The van der Waals surface area contributed by atoms with Crippen molar-refractivity contribution in [2.75, 3.05) is 19.8 Å². The van der Waals surface area contributed by atoms with Gasteiger partial charge in [0.15, 0.2) is 0 Å². The Morgan fingerprint density at radius 3 is 1.36 bits per heavy atom. The van der Waals surface area contributed by atoms with Crippen molar-refractivity contribution >= 4 is 13.7 Å². The number of phosphoric ester groups is 1. The minimum Gasteiger partial charge on any atom is -0.391 e. The molecule has 0 aliphatic carbocycles. The maximum absolute atomic E-state index is 12.7. The quantitative estimate of drug-likeness (QED) is 0.0374. The van der Waals surface area contributed by atoms with E-state index in [0.717, 1.165) is 38.5 Å². The fraction of sp³-hybridized carbons (Fsp3) is 0.974. The van der Waals surface area contributed by atoms with E-state index < -0.39 is 20.0 Å². The third-order valence-corrected chi connectivity index (χ3v) is 10.2. The molecule has 0 fully saturated rings. The van der Waals surface area contributed by atoms with Crippen molar-refractivity contribution in [3.8, 4) is 0 Å². The Hall–Kier alpha value is -0.500. The van der Waals surface area contributed by atoms with E-state index in [-0.39, 0.29) is 25.7 Å². The molecule has 282 valence electrons. The first-order chi connectivity index (χ1) is 22.9.